The van der Waals surface area contributed by atoms with Crippen LogP contribution < -0.4 is 10.5 Å². The van der Waals surface area contributed by atoms with Crippen molar-refractivity contribution in [3.63, 3.8) is 0 Å². The second-order valence-electron chi connectivity index (χ2n) is 3.87. The van der Waals surface area contributed by atoms with Gasteiger partial charge in [0.15, 0.2) is 6.10 Å². The number of ether oxygens (including phenoxy) is 1. The highest BCUT2D eigenvalue weighted by Crippen LogP contribution is 2.30. The highest BCUT2D eigenvalue weighted by Gasteiger charge is 2.17. The van der Waals surface area contributed by atoms with Crippen LogP contribution in [0.2, 0.25) is 0 Å². The molecule has 5 heteroatoms. The molecule has 0 spiro atoms. The van der Waals surface area contributed by atoms with E-state index in [1.54, 1.807) is 12.1 Å². The van der Waals surface area contributed by atoms with Crippen LogP contribution >= 0.6 is 15.9 Å². The van der Waals surface area contributed by atoms with Crippen LogP contribution in [0, 0.1) is 12.7 Å². The molecule has 0 fully saturated rings. The predicted molar refractivity (Wildman–Crippen MR) is 70.0 cm³/mol. The van der Waals surface area contributed by atoms with Crippen LogP contribution in [0.1, 0.15) is 17.6 Å². The number of halogens is 2. The summed E-state index contributed by atoms with van der Waals surface area (Å²) in [5.41, 5.74) is 5.66. The van der Waals surface area contributed by atoms with E-state index in [4.69, 9.17) is 14.9 Å². The van der Waals surface area contributed by atoms with Gasteiger partial charge in [-0.1, -0.05) is 0 Å². The topological polar surface area (TPSA) is 48.4 Å². The van der Waals surface area contributed by atoms with E-state index >= 15 is 0 Å². The highest BCUT2D eigenvalue weighted by atomic mass is 79.9. The number of rotatable bonds is 4. The first kappa shape index (κ1) is 13.1. The van der Waals surface area contributed by atoms with E-state index in [-0.39, 0.29) is 12.4 Å². The lowest BCUT2D eigenvalue weighted by molar-refractivity contribution is 0.180. The Hall–Kier alpha value is -1.33. The standard InChI is InChI=1S/C13H13BrFNO2/c1-8-2-5-11(17-8)13(7-16)18-12-6-9(15)3-4-10(12)14/h2-6,13H,7,16H2,1H3. The number of hydrogen-bond acceptors (Lipinski definition) is 3. The third kappa shape index (κ3) is 2.91. The summed E-state index contributed by atoms with van der Waals surface area (Å²) in [6.45, 7) is 2.09. The summed E-state index contributed by atoms with van der Waals surface area (Å²) in [7, 11) is 0. The minimum absolute atomic E-state index is 0.246. The fourth-order valence-electron chi connectivity index (χ4n) is 1.57. The Bertz CT molecular complexity index is 542. The Labute approximate surface area is 113 Å². The van der Waals surface area contributed by atoms with Gasteiger partial charge in [0, 0.05) is 12.6 Å². The lowest BCUT2D eigenvalue weighted by Crippen LogP contribution is -2.18. The monoisotopic (exact) mass is 313 g/mol. The molecule has 0 aliphatic carbocycles. The van der Waals surface area contributed by atoms with E-state index in [1.807, 2.05) is 13.0 Å². The van der Waals surface area contributed by atoms with Gasteiger partial charge in [-0.3, -0.25) is 0 Å². The number of hydrogen-bond donors (Lipinski definition) is 1. The molecule has 0 saturated carbocycles. The Morgan fingerprint density at radius 1 is 1.39 bits per heavy atom. The van der Waals surface area contributed by atoms with Crippen molar-refractivity contribution in [1.29, 1.82) is 0 Å². The van der Waals surface area contributed by atoms with Crippen LogP contribution in [0.25, 0.3) is 0 Å². The van der Waals surface area contributed by atoms with Crippen LogP contribution in [-0.2, 0) is 0 Å². The molecule has 1 unspecified atom stereocenters. The number of nitrogens with two attached hydrogens (primary N) is 1. The molecule has 2 aromatic rings. The molecule has 2 N–H and O–H groups in total. The maximum absolute atomic E-state index is 13.2. The molecule has 96 valence electrons. The minimum atomic E-state index is -0.434. The molecule has 2 rings (SSSR count). The van der Waals surface area contributed by atoms with Gasteiger partial charge in [-0.25, -0.2) is 4.39 Å². The summed E-state index contributed by atoms with van der Waals surface area (Å²) in [4.78, 5) is 0. The van der Waals surface area contributed by atoms with Crippen molar-refractivity contribution in [2.24, 2.45) is 5.73 Å². The Morgan fingerprint density at radius 3 is 2.78 bits per heavy atom. The molecule has 18 heavy (non-hydrogen) atoms. The van der Waals surface area contributed by atoms with Crippen molar-refractivity contribution in [1.82, 2.24) is 0 Å². The van der Waals surface area contributed by atoms with Crippen molar-refractivity contribution < 1.29 is 13.5 Å². The average molecular weight is 314 g/mol. The minimum Gasteiger partial charge on any atom is -0.480 e. The Morgan fingerprint density at radius 2 is 2.17 bits per heavy atom. The molecule has 0 amide bonds. The quantitative estimate of drug-likeness (QED) is 0.938. The van der Waals surface area contributed by atoms with Gasteiger partial charge in [0.25, 0.3) is 0 Å². The van der Waals surface area contributed by atoms with Crippen LogP contribution in [0.5, 0.6) is 5.75 Å². The summed E-state index contributed by atoms with van der Waals surface area (Å²) in [6.07, 6.45) is -0.434. The van der Waals surface area contributed by atoms with E-state index in [9.17, 15) is 4.39 Å². The smallest absolute Gasteiger partial charge is 0.168 e. The van der Waals surface area contributed by atoms with Gasteiger partial charge in [-0.2, -0.15) is 0 Å². The molecule has 0 aliphatic rings. The summed E-state index contributed by atoms with van der Waals surface area (Å²) < 4.78 is 25.0. The number of benzene rings is 1. The van der Waals surface area contributed by atoms with Gasteiger partial charge in [-0.15, -0.1) is 0 Å². The third-order valence-corrected chi connectivity index (χ3v) is 3.11. The molecule has 1 aromatic heterocycles. The van der Waals surface area contributed by atoms with Gasteiger partial charge in [-0.05, 0) is 47.1 Å². The van der Waals surface area contributed by atoms with Crippen molar-refractivity contribution in [3.8, 4) is 5.75 Å². The first-order valence-corrected chi connectivity index (χ1v) is 6.27. The first-order valence-electron chi connectivity index (χ1n) is 5.48. The maximum atomic E-state index is 13.2. The first-order chi connectivity index (χ1) is 8.60. The molecule has 0 radical (unpaired) electrons. The molecule has 1 heterocycles. The van der Waals surface area contributed by atoms with E-state index in [2.05, 4.69) is 15.9 Å². The Kier molecular flexibility index (Phi) is 4.04. The highest BCUT2D eigenvalue weighted by molar-refractivity contribution is 9.10. The van der Waals surface area contributed by atoms with E-state index in [0.29, 0.717) is 16.0 Å². The fraction of sp³-hybridized carbons (Fsp3) is 0.231. The van der Waals surface area contributed by atoms with Gasteiger partial charge in [0.05, 0.1) is 4.47 Å². The third-order valence-electron chi connectivity index (χ3n) is 2.46. The predicted octanol–water partition coefficient (Wildman–Crippen LogP) is 3.57. The second-order valence-corrected chi connectivity index (χ2v) is 4.72. The van der Waals surface area contributed by atoms with E-state index in [0.717, 1.165) is 5.76 Å². The normalized spacial score (nSPS) is 12.4. The van der Waals surface area contributed by atoms with E-state index < -0.39 is 6.10 Å². The lowest BCUT2D eigenvalue weighted by atomic mass is 10.2. The molecule has 3 nitrogen and oxygen atoms in total. The zero-order valence-electron chi connectivity index (χ0n) is 9.82. The van der Waals surface area contributed by atoms with Crippen molar-refractivity contribution >= 4 is 15.9 Å². The average Bonchev–Trinajstić information content (AvgIpc) is 2.77. The summed E-state index contributed by atoms with van der Waals surface area (Å²) in [6, 6.07) is 7.89. The van der Waals surface area contributed by atoms with Gasteiger partial charge < -0.3 is 14.9 Å². The molecule has 0 bridgehead atoms. The van der Waals surface area contributed by atoms with Crippen molar-refractivity contribution in [2.75, 3.05) is 6.54 Å². The number of furan rings is 1. The molecule has 0 saturated heterocycles. The summed E-state index contributed by atoms with van der Waals surface area (Å²) >= 11 is 3.30. The van der Waals surface area contributed by atoms with Gasteiger partial charge in [0.1, 0.15) is 23.1 Å². The van der Waals surface area contributed by atoms with Crippen LogP contribution in [0.4, 0.5) is 4.39 Å². The van der Waals surface area contributed by atoms with Crippen molar-refractivity contribution in [3.05, 3.63) is 52.1 Å². The van der Waals surface area contributed by atoms with Crippen LogP contribution in [0.3, 0.4) is 0 Å². The van der Waals surface area contributed by atoms with Gasteiger partial charge in [0.2, 0.25) is 0 Å². The molecule has 1 atom stereocenters. The molecule has 0 aliphatic heterocycles. The molecular formula is C13H13BrFNO2. The maximum Gasteiger partial charge on any atom is 0.168 e. The van der Waals surface area contributed by atoms with Crippen LogP contribution in [-0.4, -0.2) is 6.54 Å². The molecular weight excluding hydrogens is 301 g/mol. The van der Waals surface area contributed by atoms with Gasteiger partial charge >= 0.3 is 0 Å². The zero-order chi connectivity index (χ0) is 13.1. The fourth-order valence-corrected chi connectivity index (χ4v) is 1.91. The van der Waals surface area contributed by atoms with Crippen molar-refractivity contribution in [2.45, 2.75) is 13.0 Å². The molecule has 1 aromatic carbocycles. The zero-order valence-corrected chi connectivity index (χ0v) is 11.4. The summed E-state index contributed by atoms with van der Waals surface area (Å²) in [5, 5.41) is 0. The second kappa shape index (κ2) is 5.54. The lowest BCUT2D eigenvalue weighted by Gasteiger charge is -2.16. The summed E-state index contributed by atoms with van der Waals surface area (Å²) in [5.74, 6) is 1.45. The van der Waals surface area contributed by atoms with Crippen LogP contribution in [0.15, 0.2) is 39.2 Å². The van der Waals surface area contributed by atoms with E-state index in [1.165, 1.54) is 12.1 Å². The number of aryl methyl sites for hydroxylation is 1. The largest absolute Gasteiger partial charge is 0.480 e. The SMILES string of the molecule is Cc1ccc(C(CN)Oc2cc(F)ccc2Br)o1. The Balaban J connectivity index is 2.22.